The Hall–Kier alpha value is -2.63. The van der Waals surface area contributed by atoms with E-state index in [0.29, 0.717) is 11.3 Å². The zero-order valence-corrected chi connectivity index (χ0v) is 14.6. The Labute approximate surface area is 147 Å². The minimum Gasteiger partial charge on any atom is -0.367 e. The highest BCUT2D eigenvalue weighted by Crippen LogP contribution is 2.23. The largest absolute Gasteiger partial charge is 0.367 e. The van der Waals surface area contributed by atoms with Crippen LogP contribution in [0.25, 0.3) is 0 Å². The standard InChI is InChI=1S/C19H23FN4O/c1-14(2)22-19(25)15-11-16(13-21-12-15)23-7-9-24(10-8-23)18-6-4-3-5-17(18)20/h3-6,11-14H,7-10H2,1-2H3,(H,22,25). The molecule has 3 rings (SSSR count). The van der Waals surface area contributed by atoms with Crippen molar-refractivity contribution in [2.45, 2.75) is 19.9 Å². The van der Waals surface area contributed by atoms with Crippen LogP contribution in [0.2, 0.25) is 0 Å². The second-order valence-corrected chi connectivity index (χ2v) is 6.49. The molecule has 2 heterocycles. The second-order valence-electron chi connectivity index (χ2n) is 6.49. The summed E-state index contributed by atoms with van der Waals surface area (Å²) >= 11 is 0. The molecule has 0 aliphatic carbocycles. The quantitative estimate of drug-likeness (QED) is 0.928. The van der Waals surface area contributed by atoms with Gasteiger partial charge in [0.05, 0.1) is 23.1 Å². The number of pyridine rings is 1. The van der Waals surface area contributed by atoms with Gasteiger partial charge in [0.25, 0.3) is 5.91 Å². The molecule has 1 fully saturated rings. The number of carbonyl (C=O) groups excluding carboxylic acids is 1. The number of benzene rings is 1. The first-order chi connectivity index (χ1) is 12.0. The van der Waals surface area contributed by atoms with Crippen molar-refractivity contribution in [3.63, 3.8) is 0 Å². The average molecular weight is 342 g/mol. The summed E-state index contributed by atoms with van der Waals surface area (Å²) in [5, 5.41) is 2.88. The van der Waals surface area contributed by atoms with Gasteiger partial charge in [0.15, 0.2) is 0 Å². The van der Waals surface area contributed by atoms with Gasteiger partial charge in [-0.15, -0.1) is 0 Å². The maximum Gasteiger partial charge on any atom is 0.253 e. The minimum absolute atomic E-state index is 0.0838. The van der Waals surface area contributed by atoms with Crippen molar-refractivity contribution in [3.05, 3.63) is 54.1 Å². The van der Waals surface area contributed by atoms with Gasteiger partial charge in [-0.2, -0.15) is 0 Å². The van der Waals surface area contributed by atoms with Crippen molar-refractivity contribution in [2.24, 2.45) is 0 Å². The topological polar surface area (TPSA) is 48.5 Å². The molecule has 1 aliphatic rings. The molecule has 0 radical (unpaired) electrons. The average Bonchev–Trinajstić information content (AvgIpc) is 2.62. The third kappa shape index (κ3) is 4.07. The van der Waals surface area contributed by atoms with Crippen LogP contribution in [-0.2, 0) is 0 Å². The summed E-state index contributed by atoms with van der Waals surface area (Å²) in [6.07, 6.45) is 3.35. The van der Waals surface area contributed by atoms with Crippen LogP contribution in [0.15, 0.2) is 42.7 Å². The molecule has 0 unspecified atom stereocenters. The summed E-state index contributed by atoms with van der Waals surface area (Å²) in [7, 11) is 0. The Morgan fingerprint density at radius 2 is 1.80 bits per heavy atom. The molecular weight excluding hydrogens is 319 g/mol. The number of para-hydroxylation sites is 1. The van der Waals surface area contributed by atoms with Crippen LogP contribution >= 0.6 is 0 Å². The van der Waals surface area contributed by atoms with Gasteiger partial charge in [-0.05, 0) is 32.0 Å². The summed E-state index contributed by atoms with van der Waals surface area (Å²) in [4.78, 5) is 20.6. The lowest BCUT2D eigenvalue weighted by Crippen LogP contribution is -2.47. The van der Waals surface area contributed by atoms with Crippen molar-refractivity contribution in [1.29, 1.82) is 0 Å². The Balaban J connectivity index is 1.67. The number of aromatic nitrogens is 1. The molecule has 2 aromatic rings. The van der Waals surface area contributed by atoms with E-state index >= 15 is 0 Å². The zero-order valence-electron chi connectivity index (χ0n) is 14.6. The highest BCUT2D eigenvalue weighted by Gasteiger charge is 2.20. The van der Waals surface area contributed by atoms with Gasteiger partial charge in [0.1, 0.15) is 5.82 Å². The van der Waals surface area contributed by atoms with E-state index in [2.05, 4.69) is 20.1 Å². The highest BCUT2D eigenvalue weighted by molar-refractivity contribution is 5.94. The maximum atomic E-state index is 13.9. The van der Waals surface area contributed by atoms with Crippen LogP contribution in [0.3, 0.4) is 0 Å². The molecule has 5 nitrogen and oxygen atoms in total. The van der Waals surface area contributed by atoms with E-state index in [9.17, 15) is 9.18 Å². The van der Waals surface area contributed by atoms with Crippen LogP contribution in [0.5, 0.6) is 0 Å². The number of halogens is 1. The van der Waals surface area contributed by atoms with Gasteiger partial charge < -0.3 is 15.1 Å². The van der Waals surface area contributed by atoms with Crippen molar-refractivity contribution in [1.82, 2.24) is 10.3 Å². The molecule has 0 saturated carbocycles. The SMILES string of the molecule is CC(C)NC(=O)c1cncc(N2CCN(c3ccccc3F)CC2)c1. The van der Waals surface area contributed by atoms with Gasteiger partial charge in [-0.25, -0.2) is 4.39 Å². The van der Waals surface area contributed by atoms with E-state index in [1.807, 2.05) is 32.0 Å². The molecule has 0 atom stereocenters. The number of nitrogens with zero attached hydrogens (tertiary/aromatic N) is 3. The summed E-state index contributed by atoms with van der Waals surface area (Å²) in [5.74, 6) is -0.306. The van der Waals surface area contributed by atoms with Crippen LogP contribution in [-0.4, -0.2) is 43.1 Å². The molecule has 1 saturated heterocycles. The first-order valence-electron chi connectivity index (χ1n) is 8.55. The van der Waals surface area contributed by atoms with Crippen LogP contribution in [0.1, 0.15) is 24.2 Å². The Morgan fingerprint density at radius 3 is 2.48 bits per heavy atom. The fourth-order valence-electron chi connectivity index (χ4n) is 2.98. The Kier molecular flexibility index (Phi) is 5.16. The van der Waals surface area contributed by atoms with E-state index in [0.717, 1.165) is 31.9 Å². The van der Waals surface area contributed by atoms with E-state index in [4.69, 9.17) is 0 Å². The van der Waals surface area contributed by atoms with Crippen LogP contribution in [0.4, 0.5) is 15.8 Å². The lowest BCUT2D eigenvalue weighted by Gasteiger charge is -2.37. The van der Waals surface area contributed by atoms with E-state index in [1.54, 1.807) is 18.5 Å². The van der Waals surface area contributed by atoms with Gasteiger partial charge in [0, 0.05) is 38.4 Å². The van der Waals surface area contributed by atoms with E-state index in [1.165, 1.54) is 6.07 Å². The number of nitrogens with one attached hydrogen (secondary N) is 1. The normalized spacial score (nSPS) is 14.7. The van der Waals surface area contributed by atoms with E-state index < -0.39 is 0 Å². The first-order valence-corrected chi connectivity index (χ1v) is 8.55. The van der Waals surface area contributed by atoms with Crippen LogP contribution in [0, 0.1) is 5.82 Å². The van der Waals surface area contributed by atoms with Gasteiger partial charge in [-0.1, -0.05) is 12.1 Å². The maximum absolute atomic E-state index is 13.9. The lowest BCUT2D eigenvalue weighted by molar-refractivity contribution is 0.0943. The molecule has 1 amide bonds. The van der Waals surface area contributed by atoms with Gasteiger partial charge >= 0.3 is 0 Å². The van der Waals surface area contributed by atoms with Gasteiger partial charge in [-0.3, -0.25) is 9.78 Å². The summed E-state index contributed by atoms with van der Waals surface area (Å²) in [6.45, 7) is 6.82. The smallest absolute Gasteiger partial charge is 0.253 e. The third-order valence-electron chi connectivity index (χ3n) is 4.24. The number of anilines is 2. The fraction of sp³-hybridized carbons (Fsp3) is 0.368. The molecule has 6 heteroatoms. The molecule has 1 aliphatic heterocycles. The molecule has 25 heavy (non-hydrogen) atoms. The van der Waals surface area contributed by atoms with Crippen molar-refractivity contribution >= 4 is 17.3 Å². The van der Waals surface area contributed by atoms with Crippen LogP contribution < -0.4 is 15.1 Å². The molecule has 0 spiro atoms. The fourth-order valence-corrected chi connectivity index (χ4v) is 2.98. The van der Waals surface area contributed by atoms with E-state index in [-0.39, 0.29) is 17.8 Å². The molecule has 1 aromatic carbocycles. The predicted molar refractivity (Wildman–Crippen MR) is 97.7 cm³/mol. The number of piperazine rings is 1. The molecule has 0 bridgehead atoms. The summed E-state index contributed by atoms with van der Waals surface area (Å²) in [6, 6.07) is 8.80. The first kappa shape index (κ1) is 17.2. The monoisotopic (exact) mass is 342 g/mol. The molecule has 1 N–H and O–H groups in total. The summed E-state index contributed by atoms with van der Waals surface area (Å²) < 4.78 is 13.9. The van der Waals surface area contributed by atoms with Crippen molar-refractivity contribution in [2.75, 3.05) is 36.0 Å². The summed E-state index contributed by atoms with van der Waals surface area (Å²) in [5.41, 5.74) is 2.12. The number of carbonyl (C=O) groups is 1. The molecule has 1 aromatic heterocycles. The zero-order chi connectivity index (χ0) is 17.8. The highest BCUT2D eigenvalue weighted by atomic mass is 19.1. The lowest BCUT2D eigenvalue weighted by atomic mass is 10.2. The van der Waals surface area contributed by atoms with Crippen molar-refractivity contribution in [3.8, 4) is 0 Å². The second kappa shape index (κ2) is 7.51. The number of hydrogen-bond donors (Lipinski definition) is 1. The van der Waals surface area contributed by atoms with Gasteiger partial charge in [0.2, 0.25) is 0 Å². The number of hydrogen-bond acceptors (Lipinski definition) is 4. The third-order valence-corrected chi connectivity index (χ3v) is 4.24. The van der Waals surface area contributed by atoms with Crippen molar-refractivity contribution < 1.29 is 9.18 Å². The Bertz CT molecular complexity index is 742. The minimum atomic E-state index is -0.190. The number of amides is 1. The predicted octanol–water partition coefficient (Wildman–Crippen LogP) is 2.69. The molecular formula is C19H23FN4O. The number of rotatable bonds is 4. The Morgan fingerprint density at radius 1 is 1.12 bits per heavy atom. The molecule has 132 valence electrons.